The van der Waals surface area contributed by atoms with Crippen LogP contribution in [0.2, 0.25) is 0 Å². The zero-order chi connectivity index (χ0) is 16.8. The third-order valence-electron chi connectivity index (χ3n) is 3.27. The highest BCUT2D eigenvalue weighted by molar-refractivity contribution is 5.82. The lowest BCUT2D eigenvalue weighted by atomic mass is 9.94. The van der Waals surface area contributed by atoms with Gasteiger partial charge >= 0.3 is 5.97 Å². The molecular weight excluding hydrogens is 282 g/mol. The first kappa shape index (κ1) is 18.0. The fourth-order valence-electron chi connectivity index (χ4n) is 2.01. The first-order chi connectivity index (χ1) is 10.3. The summed E-state index contributed by atoms with van der Waals surface area (Å²) >= 11 is 0. The third kappa shape index (κ3) is 5.39. The van der Waals surface area contributed by atoms with Crippen LogP contribution in [0.3, 0.4) is 0 Å². The Morgan fingerprint density at radius 3 is 2.14 bits per heavy atom. The van der Waals surface area contributed by atoms with Gasteiger partial charge in [0.15, 0.2) is 0 Å². The van der Waals surface area contributed by atoms with Gasteiger partial charge in [0.2, 0.25) is 5.91 Å². The van der Waals surface area contributed by atoms with Gasteiger partial charge < -0.3 is 14.4 Å². The number of nitrogens with zero attached hydrogens (tertiary/aromatic N) is 1. The van der Waals surface area contributed by atoms with Crippen molar-refractivity contribution < 1.29 is 19.1 Å². The highest BCUT2D eigenvalue weighted by Gasteiger charge is 2.27. The van der Waals surface area contributed by atoms with Crippen molar-refractivity contribution in [3.8, 4) is 5.75 Å². The van der Waals surface area contributed by atoms with Gasteiger partial charge in [-0.05, 0) is 17.7 Å². The summed E-state index contributed by atoms with van der Waals surface area (Å²) in [6.07, 6.45) is 0.189. The highest BCUT2D eigenvalue weighted by Crippen LogP contribution is 2.20. The topological polar surface area (TPSA) is 55.8 Å². The zero-order valence-corrected chi connectivity index (χ0v) is 14.0. The molecule has 5 heteroatoms. The molecule has 0 saturated carbocycles. The molecule has 1 aromatic carbocycles. The lowest BCUT2D eigenvalue weighted by molar-refractivity contribution is -0.144. The van der Waals surface area contributed by atoms with Crippen molar-refractivity contribution >= 4 is 11.9 Å². The van der Waals surface area contributed by atoms with Crippen molar-refractivity contribution in [1.29, 1.82) is 0 Å². The zero-order valence-electron chi connectivity index (χ0n) is 14.0. The number of hydrogen-bond acceptors (Lipinski definition) is 4. The number of amides is 1. The monoisotopic (exact) mass is 307 g/mol. The van der Waals surface area contributed by atoms with Crippen LogP contribution in [0.4, 0.5) is 0 Å². The molecule has 0 fully saturated rings. The van der Waals surface area contributed by atoms with Gasteiger partial charge in [-0.25, -0.2) is 0 Å². The number of benzene rings is 1. The molecule has 122 valence electrons. The van der Waals surface area contributed by atoms with Crippen molar-refractivity contribution in [2.45, 2.75) is 33.7 Å². The van der Waals surface area contributed by atoms with E-state index < -0.39 is 5.41 Å². The number of rotatable bonds is 6. The first-order valence-electron chi connectivity index (χ1n) is 7.27. The number of hydrogen-bond donors (Lipinski definition) is 0. The van der Waals surface area contributed by atoms with Crippen LogP contribution in [0, 0.1) is 5.41 Å². The molecule has 0 aromatic heterocycles. The smallest absolute Gasteiger partial charge is 0.307 e. The van der Waals surface area contributed by atoms with E-state index in [0.717, 1.165) is 11.3 Å². The van der Waals surface area contributed by atoms with E-state index in [0.29, 0.717) is 13.1 Å². The minimum Gasteiger partial charge on any atom is -0.497 e. The SMILES string of the molecule is COC(=O)CCN(Cc1ccc(OC)cc1)C(=O)C(C)(C)C. The second-order valence-corrected chi connectivity index (χ2v) is 6.15. The Hall–Kier alpha value is -2.04. The van der Waals surface area contributed by atoms with Crippen LogP contribution in [-0.2, 0) is 20.9 Å². The van der Waals surface area contributed by atoms with E-state index in [-0.39, 0.29) is 18.3 Å². The molecular formula is C17H25NO4. The summed E-state index contributed by atoms with van der Waals surface area (Å²) < 4.78 is 9.78. The van der Waals surface area contributed by atoms with Gasteiger partial charge in [0.1, 0.15) is 5.75 Å². The maximum absolute atomic E-state index is 12.5. The van der Waals surface area contributed by atoms with Crippen molar-refractivity contribution in [3.05, 3.63) is 29.8 Å². The van der Waals surface area contributed by atoms with Gasteiger partial charge in [-0.1, -0.05) is 32.9 Å². The van der Waals surface area contributed by atoms with Crippen LogP contribution in [0.25, 0.3) is 0 Å². The summed E-state index contributed by atoms with van der Waals surface area (Å²) in [7, 11) is 2.96. The Morgan fingerprint density at radius 2 is 1.68 bits per heavy atom. The van der Waals surface area contributed by atoms with Crippen LogP contribution in [0.5, 0.6) is 5.75 Å². The van der Waals surface area contributed by atoms with Crippen LogP contribution >= 0.6 is 0 Å². The Bertz CT molecular complexity index is 502. The van der Waals surface area contributed by atoms with Gasteiger partial charge in [0.25, 0.3) is 0 Å². The summed E-state index contributed by atoms with van der Waals surface area (Å²) in [5.41, 5.74) is 0.492. The summed E-state index contributed by atoms with van der Waals surface area (Å²) in [5.74, 6) is 0.459. The summed E-state index contributed by atoms with van der Waals surface area (Å²) in [6.45, 7) is 6.41. The standard InChI is InChI=1S/C17H25NO4/c1-17(2,3)16(20)18(11-10-15(19)22-5)12-13-6-8-14(21-4)9-7-13/h6-9H,10-12H2,1-5H3. The minimum absolute atomic E-state index is 0.00669. The molecule has 0 radical (unpaired) electrons. The molecule has 0 N–H and O–H groups in total. The van der Waals surface area contributed by atoms with Crippen molar-refractivity contribution in [2.24, 2.45) is 5.41 Å². The van der Waals surface area contributed by atoms with Gasteiger partial charge in [0.05, 0.1) is 20.6 Å². The van der Waals surface area contributed by atoms with Crippen LogP contribution < -0.4 is 4.74 Å². The van der Waals surface area contributed by atoms with Crippen molar-refractivity contribution in [2.75, 3.05) is 20.8 Å². The molecule has 0 aliphatic rings. The van der Waals surface area contributed by atoms with E-state index in [4.69, 9.17) is 4.74 Å². The molecule has 5 nitrogen and oxygen atoms in total. The number of ether oxygens (including phenoxy) is 2. The molecule has 0 bridgehead atoms. The molecule has 1 aromatic rings. The quantitative estimate of drug-likeness (QED) is 0.758. The van der Waals surface area contributed by atoms with E-state index >= 15 is 0 Å². The van der Waals surface area contributed by atoms with Crippen LogP contribution in [-0.4, -0.2) is 37.5 Å². The second-order valence-electron chi connectivity index (χ2n) is 6.15. The largest absolute Gasteiger partial charge is 0.497 e. The number of carbonyl (C=O) groups excluding carboxylic acids is 2. The average Bonchev–Trinajstić information content (AvgIpc) is 2.50. The van der Waals surface area contributed by atoms with Crippen LogP contribution in [0.1, 0.15) is 32.8 Å². The Balaban J connectivity index is 2.84. The van der Waals surface area contributed by atoms with E-state index in [2.05, 4.69) is 4.74 Å². The minimum atomic E-state index is -0.497. The summed E-state index contributed by atoms with van der Waals surface area (Å²) in [5, 5.41) is 0. The molecule has 0 heterocycles. The van der Waals surface area contributed by atoms with Crippen molar-refractivity contribution in [3.63, 3.8) is 0 Å². The van der Waals surface area contributed by atoms with E-state index in [1.165, 1.54) is 7.11 Å². The third-order valence-corrected chi connectivity index (χ3v) is 3.27. The number of esters is 1. The van der Waals surface area contributed by atoms with Crippen LogP contribution in [0.15, 0.2) is 24.3 Å². The Kier molecular flexibility index (Phi) is 6.40. The van der Waals surface area contributed by atoms with Gasteiger partial charge in [-0.3, -0.25) is 9.59 Å². The molecule has 0 spiro atoms. The number of carbonyl (C=O) groups is 2. The van der Waals surface area contributed by atoms with E-state index in [1.54, 1.807) is 12.0 Å². The molecule has 0 aliphatic heterocycles. The lowest BCUT2D eigenvalue weighted by Gasteiger charge is -2.29. The van der Waals surface area contributed by atoms with Crippen molar-refractivity contribution in [1.82, 2.24) is 4.90 Å². The maximum Gasteiger partial charge on any atom is 0.307 e. The summed E-state index contributed by atoms with van der Waals surface area (Å²) in [4.78, 5) is 25.6. The van der Waals surface area contributed by atoms with Gasteiger partial charge in [-0.2, -0.15) is 0 Å². The fourth-order valence-corrected chi connectivity index (χ4v) is 2.01. The highest BCUT2D eigenvalue weighted by atomic mass is 16.5. The van der Waals surface area contributed by atoms with Gasteiger partial charge in [0, 0.05) is 18.5 Å². The Morgan fingerprint density at radius 1 is 1.09 bits per heavy atom. The molecule has 0 unspecified atom stereocenters. The molecule has 1 rings (SSSR count). The maximum atomic E-state index is 12.5. The number of methoxy groups -OCH3 is 2. The lowest BCUT2D eigenvalue weighted by Crippen LogP contribution is -2.40. The fraction of sp³-hybridized carbons (Fsp3) is 0.529. The summed E-state index contributed by atoms with van der Waals surface area (Å²) in [6, 6.07) is 7.55. The Labute approximate surface area is 132 Å². The van der Waals surface area contributed by atoms with E-state index in [1.807, 2.05) is 45.0 Å². The molecule has 1 amide bonds. The normalized spacial score (nSPS) is 11.0. The first-order valence-corrected chi connectivity index (χ1v) is 7.27. The van der Waals surface area contributed by atoms with E-state index in [9.17, 15) is 9.59 Å². The predicted octanol–water partition coefficient (Wildman–Crippen LogP) is 2.63. The molecule has 0 aliphatic carbocycles. The predicted molar refractivity (Wildman–Crippen MR) is 84.5 cm³/mol. The molecule has 0 atom stereocenters. The van der Waals surface area contributed by atoms with Gasteiger partial charge in [-0.15, -0.1) is 0 Å². The second kappa shape index (κ2) is 7.82. The molecule has 22 heavy (non-hydrogen) atoms. The molecule has 0 saturated heterocycles. The average molecular weight is 307 g/mol.